The summed E-state index contributed by atoms with van der Waals surface area (Å²) in [5.74, 6) is 2.33. The quantitative estimate of drug-likeness (QED) is 0.788. The number of fused-ring (bicyclic) bond motifs is 1. The third kappa shape index (κ3) is 3.94. The van der Waals surface area contributed by atoms with Crippen molar-refractivity contribution >= 4 is 23.4 Å². The Balaban J connectivity index is 1.78. The van der Waals surface area contributed by atoms with E-state index >= 15 is 0 Å². The van der Waals surface area contributed by atoms with Crippen LogP contribution >= 0.6 is 11.8 Å². The number of hydrogen-bond acceptors (Lipinski definition) is 3. The third-order valence-corrected chi connectivity index (χ3v) is 6.77. The minimum atomic E-state index is 0.0280. The minimum absolute atomic E-state index is 0.0280. The summed E-state index contributed by atoms with van der Waals surface area (Å²) < 4.78 is 0. The first-order chi connectivity index (χ1) is 12.0. The fourth-order valence-corrected chi connectivity index (χ4v) is 5.22. The molecule has 0 aromatic heterocycles. The highest BCUT2D eigenvalue weighted by Gasteiger charge is 2.36. The Morgan fingerprint density at radius 2 is 2.08 bits per heavy atom. The van der Waals surface area contributed by atoms with Crippen molar-refractivity contribution in [2.75, 3.05) is 18.1 Å². The van der Waals surface area contributed by atoms with Gasteiger partial charge < -0.3 is 10.3 Å². The van der Waals surface area contributed by atoms with Crippen molar-refractivity contribution in [1.82, 2.24) is 4.90 Å². The van der Waals surface area contributed by atoms with Crippen LogP contribution < -0.4 is 0 Å². The van der Waals surface area contributed by atoms with Gasteiger partial charge in [-0.05, 0) is 55.4 Å². The van der Waals surface area contributed by atoms with E-state index in [9.17, 15) is 4.79 Å². The Hall–Kier alpha value is -1.29. The second-order valence-electron chi connectivity index (χ2n) is 7.54. The molecule has 1 N–H and O–H groups in total. The molecule has 1 saturated heterocycles. The molecule has 2 unspecified atom stereocenters. The molecular weight excluding hydrogens is 328 g/mol. The molecule has 1 aliphatic carbocycles. The van der Waals surface area contributed by atoms with E-state index in [1.807, 2.05) is 11.8 Å². The molecule has 0 spiro atoms. The van der Waals surface area contributed by atoms with E-state index < -0.39 is 0 Å². The van der Waals surface area contributed by atoms with Crippen LogP contribution in [-0.2, 0) is 11.2 Å². The maximum Gasteiger partial charge on any atom is 0.230 e. The highest BCUT2D eigenvalue weighted by Crippen LogP contribution is 2.37. The molecule has 3 nitrogen and oxygen atoms in total. The van der Waals surface area contributed by atoms with Crippen LogP contribution in [0.5, 0.6) is 0 Å². The molecular formula is C21H30N2OS. The van der Waals surface area contributed by atoms with E-state index in [0.29, 0.717) is 5.91 Å². The van der Waals surface area contributed by atoms with Crippen molar-refractivity contribution < 1.29 is 4.79 Å². The summed E-state index contributed by atoms with van der Waals surface area (Å²) >= 11 is 1.93. The van der Waals surface area contributed by atoms with E-state index in [1.165, 1.54) is 22.3 Å². The zero-order valence-corrected chi connectivity index (χ0v) is 16.5. The third-order valence-electron chi connectivity index (χ3n) is 5.68. The molecule has 1 aromatic carbocycles. The summed E-state index contributed by atoms with van der Waals surface area (Å²) in [4.78, 5) is 15.5. The minimum Gasteiger partial charge on any atom is -0.337 e. The van der Waals surface area contributed by atoms with Crippen molar-refractivity contribution in [3.63, 3.8) is 0 Å². The lowest BCUT2D eigenvalue weighted by molar-refractivity contribution is -0.134. The number of nitrogens with one attached hydrogen (secondary N) is 1. The van der Waals surface area contributed by atoms with E-state index in [0.717, 1.165) is 55.9 Å². The lowest BCUT2D eigenvalue weighted by Crippen LogP contribution is -2.48. The highest BCUT2D eigenvalue weighted by molar-refractivity contribution is 7.99. The molecule has 4 heteroatoms. The van der Waals surface area contributed by atoms with Crippen molar-refractivity contribution in [3.05, 3.63) is 34.4 Å². The summed E-state index contributed by atoms with van der Waals surface area (Å²) in [7, 11) is 0. The summed E-state index contributed by atoms with van der Waals surface area (Å²) in [5, 5.41) is 8.19. The van der Waals surface area contributed by atoms with Crippen LogP contribution in [0.25, 0.3) is 0 Å². The second-order valence-corrected chi connectivity index (χ2v) is 8.69. The van der Waals surface area contributed by atoms with E-state index in [1.54, 1.807) is 0 Å². The fourth-order valence-electron chi connectivity index (χ4n) is 4.15. The Morgan fingerprint density at radius 1 is 1.32 bits per heavy atom. The number of benzene rings is 1. The van der Waals surface area contributed by atoms with Gasteiger partial charge in [-0.1, -0.05) is 25.5 Å². The number of carbonyl (C=O) groups excluding carboxylic acids is 1. The van der Waals surface area contributed by atoms with Crippen LogP contribution in [-0.4, -0.2) is 40.6 Å². The zero-order valence-electron chi connectivity index (χ0n) is 15.7. The Morgan fingerprint density at radius 3 is 2.84 bits per heavy atom. The monoisotopic (exact) mass is 358 g/mol. The first kappa shape index (κ1) is 18.5. The average Bonchev–Trinajstić information content (AvgIpc) is 2.98. The normalized spacial score (nSPS) is 22.8. The number of amides is 1. The maximum absolute atomic E-state index is 13.4. The number of carbonyl (C=O) groups is 1. The van der Waals surface area contributed by atoms with Crippen LogP contribution in [0.15, 0.2) is 12.1 Å². The molecule has 25 heavy (non-hydrogen) atoms. The summed E-state index contributed by atoms with van der Waals surface area (Å²) in [6.45, 7) is 7.25. The van der Waals surface area contributed by atoms with Gasteiger partial charge in [0.1, 0.15) is 0 Å². The maximum atomic E-state index is 13.4. The molecule has 0 bridgehead atoms. The number of hydrogen-bond donors (Lipinski definition) is 1. The van der Waals surface area contributed by atoms with Crippen molar-refractivity contribution in [2.24, 2.45) is 0 Å². The van der Waals surface area contributed by atoms with E-state index in [4.69, 9.17) is 5.41 Å². The molecule has 1 aliphatic heterocycles. The molecule has 0 saturated carbocycles. The summed E-state index contributed by atoms with van der Waals surface area (Å²) in [6.07, 6.45) is 4.58. The first-order valence-corrected chi connectivity index (χ1v) is 10.7. The van der Waals surface area contributed by atoms with Gasteiger partial charge in [-0.15, -0.1) is 0 Å². The molecule has 2 aliphatic rings. The standard InChI is InChI=1S/C21H30N2OS/c1-4-5-17(22)12-18-13-25-9-8-23(18)21(24)19-7-6-16-10-14(2)15(3)11-20(16)19/h10-11,18-19,22H,4-9,12-13H2,1-3H3. The largest absolute Gasteiger partial charge is 0.337 e. The molecule has 2 atom stereocenters. The average molecular weight is 359 g/mol. The molecule has 136 valence electrons. The Bertz CT molecular complexity index is 670. The predicted octanol–water partition coefficient (Wildman–Crippen LogP) is 4.49. The van der Waals surface area contributed by atoms with Crippen LogP contribution in [0.3, 0.4) is 0 Å². The Kier molecular flexibility index (Phi) is 5.88. The van der Waals surface area contributed by atoms with Gasteiger partial charge >= 0.3 is 0 Å². The smallest absolute Gasteiger partial charge is 0.230 e. The SMILES string of the molecule is CCCC(=N)CC1CSCCN1C(=O)C1CCc2cc(C)c(C)cc21. The predicted molar refractivity (Wildman–Crippen MR) is 107 cm³/mol. The van der Waals surface area contributed by atoms with Gasteiger partial charge in [0.15, 0.2) is 0 Å². The lowest BCUT2D eigenvalue weighted by Gasteiger charge is -2.37. The Labute approximate surface area is 156 Å². The molecule has 1 aromatic rings. The van der Waals surface area contributed by atoms with Crippen molar-refractivity contribution in [3.8, 4) is 0 Å². The number of thioether (sulfide) groups is 1. The summed E-state index contributed by atoms with van der Waals surface area (Å²) in [6, 6.07) is 4.73. The number of rotatable bonds is 5. The van der Waals surface area contributed by atoms with Gasteiger partial charge in [0, 0.05) is 36.2 Å². The van der Waals surface area contributed by atoms with Crippen LogP contribution in [0, 0.1) is 19.3 Å². The molecule has 1 amide bonds. The van der Waals surface area contributed by atoms with Gasteiger partial charge in [0.05, 0.1) is 5.92 Å². The highest BCUT2D eigenvalue weighted by atomic mass is 32.2. The molecule has 1 heterocycles. The second kappa shape index (κ2) is 7.94. The van der Waals surface area contributed by atoms with Crippen molar-refractivity contribution in [2.45, 2.75) is 64.8 Å². The molecule has 0 radical (unpaired) electrons. The number of aryl methyl sites for hydroxylation is 3. The van der Waals surface area contributed by atoms with Gasteiger partial charge in [0.25, 0.3) is 0 Å². The molecule has 1 fully saturated rings. The van der Waals surface area contributed by atoms with Gasteiger partial charge in [-0.3, -0.25) is 4.79 Å². The van der Waals surface area contributed by atoms with Crippen LogP contribution in [0.4, 0.5) is 0 Å². The first-order valence-electron chi connectivity index (χ1n) is 9.55. The van der Waals surface area contributed by atoms with Gasteiger partial charge in [-0.25, -0.2) is 0 Å². The van der Waals surface area contributed by atoms with Crippen molar-refractivity contribution in [1.29, 1.82) is 5.41 Å². The van der Waals surface area contributed by atoms with Gasteiger partial charge in [0.2, 0.25) is 5.91 Å². The number of nitrogens with zero attached hydrogens (tertiary/aromatic N) is 1. The topological polar surface area (TPSA) is 44.2 Å². The van der Waals surface area contributed by atoms with Crippen LogP contribution in [0.1, 0.15) is 60.8 Å². The van der Waals surface area contributed by atoms with E-state index in [2.05, 4.69) is 37.8 Å². The van der Waals surface area contributed by atoms with Crippen LogP contribution in [0.2, 0.25) is 0 Å². The zero-order chi connectivity index (χ0) is 18.0. The lowest BCUT2D eigenvalue weighted by atomic mass is 9.95. The van der Waals surface area contributed by atoms with E-state index in [-0.39, 0.29) is 12.0 Å². The molecule has 3 rings (SSSR count). The summed E-state index contributed by atoms with van der Waals surface area (Å²) in [5.41, 5.74) is 6.03. The fraction of sp³-hybridized carbons (Fsp3) is 0.619. The van der Waals surface area contributed by atoms with Gasteiger partial charge in [-0.2, -0.15) is 11.8 Å².